The van der Waals surface area contributed by atoms with Gasteiger partial charge in [0.1, 0.15) is 0 Å². The van der Waals surface area contributed by atoms with Gasteiger partial charge in [-0.25, -0.2) is 0 Å². The van der Waals surface area contributed by atoms with Crippen LogP contribution < -0.4 is 5.32 Å². The van der Waals surface area contributed by atoms with Gasteiger partial charge in [0.15, 0.2) is 0 Å². The highest BCUT2D eigenvalue weighted by molar-refractivity contribution is 5.90. The SMILES string of the molecule is O=C(CCC1CCN(CC2CC=CCC2)CC1)Nc1ccccc1. The number of likely N-dealkylation sites (tertiary alicyclic amines) is 1. The second kappa shape index (κ2) is 9.03. The summed E-state index contributed by atoms with van der Waals surface area (Å²) in [4.78, 5) is 14.7. The normalized spacial score (nSPS) is 22.4. The maximum absolute atomic E-state index is 12.1. The van der Waals surface area contributed by atoms with Gasteiger partial charge in [0.2, 0.25) is 5.91 Å². The summed E-state index contributed by atoms with van der Waals surface area (Å²) in [6, 6.07) is 9.75. The number of benzene rings is 1. The van der Waals surface area contributed by atoms with E-state index in [0.717, 1.165) is 18.0 Å². The largest absolute Gasteiger partial charge is 0.326 e. The molecule has 1 atom stereocenters. The maximum atomic E-state index is 12.1. The van der Waals surface area contributed by atoms with Crippen molar-refractivity contribution < 1.29 is 4.79 Å². The highest BCUT2D eigenvalue weighted by atomic mass is 16.1. The van der Waals surface area contributed by atoms with E-state index >= 15 is 0 Å². The Labute approximate surface area is 146 Å². The van der Waals surface area contributed by atoms with E-state index in [0.29, 0.717) is 12.3 Å². The molecule has 1 unspecified atom stereocenters. The van der Waals surface area contributed by atoms with E-state index in [1.165, 1.54) is 51.7 Å². The maximum Gasteiger partial charge on any atom is 0.224 e. The van der Waals surface area contributed by atoms with Crippen LogP contribution >= 0.6 is 0 Å². The molecule has 1 amide bonds. The minimum atomic E-state index is 0.151. The molecule has 3 heteroatoms. The van der Waals surface area contributed by atoms with Crippen LogP contribution in [0.25, 0.3) is 0 Å². The number of allylic oxidation sites excluding steroid dienone is 2. The summed E-state index contributed by atoms with van der Waals surface area (Å²) < 4.78 is 0. The molecule has 2 aliphatic rings. The number of anilines is 1. The number of nitrogens with zero attached hydrogens (tertiary/aromatic N) is 1. The second-order valence-electron chi connectivity index (χ2n) is 7.35. The standard InChI is InChI=1S/C21H30N2O/c24-21(22-20-9-5-2-6-10-20)12-11-18-13-15-23(16-14-18)17-19-7-3-1-4-8-19/h1-3,5-6,9-10,18-19H,4,7-8,11-17H2,(H,22,24). The summed E-state index contributed by atoms with van der Waals surface area (Å²) in [5, 5.41) is 2.99. The predicted molar refractivity (Wildman–Crippen MR) is 100.0 cm³/mol. The van der Waals surface area contributed by atoms with Crippen molar-refractivity contribution in [1.82, 2.24) is 4.90 Å². The molecule has 1 fully saturated rings. The first-order chi connectivity index (χ1) is 11.8. The van der Waals surface area contributed by atoms with Crippen molar-refractivity contribution in [2.45, 2.75) is 44.9 Å². The number of nitrogens with one attached hydrogen (secondary N) is 1. The van der Waals surface area contributed by atoms with E-state index in [1.807, 2.05) is 30.3 Å². The second-order valence-corrected chi connectivity index (χ2v) is 7.35. The van der Waals surface area contributed by atoms with E-state index in [1.54, 1.807) is 0 Å². The van der Waals surface area contributed by atoms with Gasteiger partial charge in [-0.05, 0) is 75.6 Å². The van der Waals surface area contributed by atoms with Crippen LogP contribution in [0.3, 0.4) is 0 Å². The lowest BCUT2D eigenvalue weighted by Crippen LogP contribution is -2.37. The summed E-state index contributed by atoms with van der Waals surface area (Å²) in [7, 11) is 0. The predicted octanol–water partition coefficient (Wildman–Crippen LogP) is 4.47. The first-order valence-electron chi connectivity index (χ1n) is 9.52. The van der Waals surface area contributed by atoms with Crippen molar-refractivity contribution in [3.63, 3.8) is 0 Å². The number of hydrogen-bond donors (Lipinski definition) is 1. The first kappa shape index (κ1) is 17.2. The molecule has 1 aromatic rings. The average molecular weight is 326 g/mol. The lowest BCUT2D eigenvalue weighted by atomic mass is 9.89. The van der Waals surface area contributed by atoms with Gasteiger partial charge in [0.05, 0.1) is 0 Å². The molecule has 0 bridgehead atoms. The van der Waals surface area contributed by atoms with Crippen LogP contribution in [-0.4, -0.2) is 30.4 Å². The number of amides is 1. The van der Waals surface area contributed by atoms with Gasteiger partial charge in [-0.2, -0.15) is 0 Å². The highest BCUT2D eigenvalue weighted by Crippen LogP contribution is 2.25. The summed E-state index contributed by atoms with van der Waals surface area (Å²) in [5.74, 6) is 1.73. The van der Waals surface area contributed by atoms with Crippen LogP contribution in [0.15, 0.2) is 42.5 Å². The van der Waals surface area contributed by atoms with Gasteiger partial charge >= 0.3 is 0 Å². The van der Waals surface area contributed by atoms with Crippen molar-refractivity contribution >= 4 is 11.6 Å². The van der Waals surface area contributed by atoms with Gasteiger partial charge in [0.25, 0.3) is 0 Å². The monoisotopic (exact) mass is 326 g/mol. The number of carbonyl (C=O) groups is 1. The molecule has 1 heterocycles. The minimum Gasteiger partial charge on any atom is -0.326 e. The molecule has 130 valence electrons. The Morgan fingerprint density at radius 3 is 2.54 bits per heavy atom. The molecule has 1 aliphatic heterocycles. The number of hydrogen-bond acceptors (Lipinski definition) is 2. The van der Waals surface area contributed by atoms with E-state index in [9.17, 15) is 4.79 Å². The van der Waals surface area contributed by atoms with E-state index in [2.05, 4.69) is 22.4 Å². The number of piperidine rings is 1. The summed E-state index contributed by atoms with van der Waals surface area (Å²) >= 11 is 0. The molecule has 1 saturated heterocycles. The van der Waals surface area contributed by atoms with Crippen LogP contribution in [-0.2, 0) is 4.79 Å². The Balaban J connectivity index is 1.32. The molecule has 0 saturated carbocycles. The van der Waals surface area contributed by atoms with Crippen molar-refractivity contribution in [1.29, 1.82) is 0 Å². The molecular weight excluding hydrogens is 296 g/mol. The number of carbonyl (C=O) groups excluding carboxylic acids is 1. The summed E-state index contributed by atoms with van der Waals surface area (Å²) in [6.07, 6.45) is 12.7. The smallest absolute Gasteiger partial charge is 0.224 e. The van der Waals surface area contributed by atoms with Gasteiger partial charge in [-0.15, -0.1) is 0 Å². The fourth-order valence-corrected chi connectivity index (χ4v) is 3.93. The van der Waals surface area contributed by atoms with Crippen LogP contribution in [0.5, 0.6) is 0 Å². The van der Waals surface area contributed by atoms with Crippen molar-refractivity contribution in [3.8, 4) is 0 Å². The van der Waals surface area contributed by atoms with E-state index in [4.69, 9.17) is 0 Å². The van der Waals surface area contributed by atoms with Crippen molar-refractivity contribution in [2.75, 3.05) is 25.0 Å². The molecule has 0 aromatic heterocycles. The fourth-order valence-electron chi connectivity index (χ4n) is 3.93. The lowest BCUT2D eigenvalue weighted by molar-refractivity contribution is -0.116. The van der Waals surface area contributed by atoms with Gasteiger partial charge in [-0.1, -0.05) is 30.4 Å². The van der Waals surface area contributed by atoms with Crippen LogP contribution in [0.4, 0.5) is 5.69 Å². The highest BCUT2D eigenvalue weighted by Gasteiger charge is 2.22. The Kier molecular flexibility index (Phi) is 6.48. The minimum absolute atomic E-state index is 0.151. The molecular formula is C21H30N2O. The van der Waals surface area contributed by atoms with Crippen LogP contribution in [0, 0.1) is 11.8 Å². The first-order valence-corrected chi connectivity index (χ1v) is 9.52. The van der Waals surface area contributed by atoms with Gasteiger partial charge < -0.3 is 10.2 Å². The van der Waals surface area contributed by atoms with Gasteiger partial charge in [0, 0.05) is 18.7 Å². The molecule has 3 nitrogen and oxygen atoms in total. The zero-order chi connectivity index (χ0) is 16.6. The molecule has 1 aromatic carbocycles. The van der Waals surface area contributed by atoms with Crippen molar-refractivity contribution in [2.24, 2.45) is 11.8 Å². The third kappa shape index (κ3) is 5.48. The lowest BCUT2D eigenvalue weighted by Gasteiger charge is -2.34. The fraction of sp³-hybridized carbons (Fsp3) is 0.571. The Morgan fingerprint density at radius 2 is 1.83 bits per heavy atom. The van der Waals surface area contributed by atoms with Crippen LogP contribution in [0.2, 0.25) is 0 Å². The van der Waals surface area contributed by atoms with Crippen LogP contribution in [0.1, 0.15) is 44.9 Å². The topological polar surface area (TPSA) is 32.3 Å². The Bertz CT molecular complexity index is 532. The Morgan fingerprint density at radius 1 is 1.04 bits per heavy atom. The van der Waals surface area contributed by atoms with Crippen molar-refractivity contribution in [3.05, 3.63) is 42.5 Å². The van der Waals surface area contributed by atoms with E-state index in [-0.39, 0.29) is 5.91 Å². The zero-order valence-corrected chi connectivity index (χ0v) is 14.6. The molecule has 1 aliphatic carbocycles. The van der Waals surface area contributed by atoms with E-state index < -0.39 is 0 Å². The zero-order valence-electron chi connectivity index (χ0n) is 14.6. The molecule has 3 rings (SSSR count). The van der Waals surface area contributed by atoms with Gasteiger partial charge in [-0.3, -0.25) is 4.79 Å². The molecule has 1 N–H and O–H groups in total. The quantitative estimate of drug-likeness (QED) is 0.782. The third-order valence-corrected chi connectivity index (χ3v) is 5.44. The third-order valence-electron chi connectivity index (χ3n) is 5.44. The molecule has 24 heavy (non-hydrogen) atoms. The summed E-state index contributed by atoms with van der Waals surface area (Å²) in [5.41, 5.74) is 0.902. The number of rotatable bonds is 6. The number of para-hydroxylation sites is 1. The Hall–Kier alpha value is -1.61. The average Bonchev–Trinajstić information content (AvgIpc) is 2.63. The molecule has 0 radical (unpaired) electrons. The summed E-state index contributed by atoms with van der Waals surface area (Å²) in [6.45, 7) is 3.70. The molecule has 0 spiro atoms.